The largest absolute Gasteiger partial charge is 0.367 e. The molecule has 3 aromatic rings. The van der Waals surface area contributed by atoms with Crippen LogP contribution in [0.2, 0.25) is 0 Å². The van der Waals surface area contributed by atoms with Crippen LogP contribution in [0.15, 0.2) is 66.9 Å². The van der Waals surface area contributed by atoms with Gasteiger partial charge in [0.2, 0.25) is 0 Å². The molecule has 1 saturated heterocycles. The first-order valence-electron chi connectivity index (χ1n) is 12.2. The molecule has 0 saturated carbocycles. The van der Waals surface area contributed by atoms with Gasteiger partial charge in [0.05, 0.1) is 5.69 Å². The number of anilines is 3. The average molecular weight is 489 g/mol. The Morgan fingerprint density at radius 2 is 1.77 bits per heavy atom. The van der Waals surface area contributed by atoms with Crippen LogP contribution in [-0.4, -0.2) is 79.3 Å². The van der Waals surface area contributed by atoms with Crippen LogP contribution in [0.3, 0.4) is 0 Å². The lowest BCUT2D eigenvalue weighted by atomic mass is 10.1. The van der Waals surface area contributed by atoms with Crippen LogP contribution in [-0.2, 0) is 0 Å². The fraction of sp³-hybridized carbons (Fsp3) is 0.333. The summed E-state index contributed by atoms with van der Waals surface area (Å²) in [6, 6.07) is 19.9. The molecule has 0 unspecified atom stereocenters. The van der Waals surface area contributed by atoms with Gasteiger partial charge in [-0.15, -0.1) is 0 Å². The van der Waals surface area contributed by atoms with E-state index in [-0.39, 0.29) is 5.91 Å². The van der Waals surface area contributed by atoms with Crippen LogP contribution in [0.1, 0.15) is 10.4 Å². The third-order valence-electron chi connectivity index (χ3n) is 6.57. The van der Waals surface area contributed by atoms with Crippen molar-refractivity contribution in [3.8, 4) is 11.1 Å². The van der Waals surface area contributed by atoms with Crippen LogP contribution >= 0.6 is 11.9 Å². The number of hydrogen-bond donors (Lipinski definition) is 2. The highest BCUT2D eigenvalue weighted by Crippen LogP contribution is 2.33. The Balaban J connectivity index is 1.21. The third-order valence-corrected chi connectivity index (χ3v) is 7.33. The van der Waals surface area contributed by atoms with E-state index in [1.807, 2.05) is 41.4 Å². The zero-order valence-electron chi connectivity index (χ0n) is 20.1. The number of piperazine rings is 1. The predicted octanol–water partition coefficient (Wildman–Crippen LogP) is 4.13. The van der Waals surface area contributed by atoms with E-state index in [1.54, 1.807) is 11.9 Å². The van der Waals surface area contributed by atoms with E-state index in [9.17, 15) is 4.79 Å². The fourth-order valence-electron chi connectivity index (χ4n) is 4.42. The molecule has 182 valence electrons. The number of nitrogens with one attached hydrogen (secondary N) is 2. The van der Waals surface area contributed by atoms with Gasteiger partial charge in [-0.25, -0.2) is 4.98 Å². The molecule has 3 heterocycles. The highest BCUT2D eigenvalue weighted by molar-refractivity contribution is 8.00. The number of pyridine rings is 1. The van der Waals surface area contributed by atoms with Gasteiger partial charge in [-0.05, 0) is 42.9 Å². The second kappa shape index (κ2) is 11.1. The zero-order valence-corrected chi connectivity index (χ0v) is 20.9. The summed E-state index contributed by atoms with van der Waals surface area (Å²) in [7, 11) is 2.19. The molecule has 0 aliphatic carbocycles. The van der Waals surface area contributed by atoms with Gasteiger partial charge >= 0.3 is 0 Å². The van der Waals surface area contributed by atoms with Crippen molar-refractivity contribution in [1.82, 2.24) is 14.8 Å². The molecule has 5 rings (SSSR count). The minimum absolute atomic E-state index is 0.000413. The first-order chi connectivity index (χ1) is 17.2. The lowest BCUT2D eigenvalue weighted by Crippen LogP contribution is -2.45. The molecule has 2 aromatic carbocycles. The summed E-state index contributed by atoms with van der Waals surface area (Å²) < 4.78 is 3.46. The maximum atomic E-state index is 13.2. The highest BCUT2D eigenvalue weighted by Gasteiger charge is 2.25. The summed E-state index contributed by atoms with van der Waals surface area (Å²) in [6.07, 6.45) is 1.87. The van der Waals surface area contributed by atoms with Crippen LogP contribution in [0.4, 0.5) is 17.2 Å². The Morgan fingerprint density at radius 1 is 1.00 bits per heavy atom. The average Bonchev–Trinajstić information content (AvgIpc) is 2.92. The first kappa shape index (κ1) is 23.7. The quantitative estimate of drug-likeness (QED) is 0.383. The van der Waals surface area contributed by atoms with E-state index in [0.717, 1.165) is 66.8 Å². The lowest BCUT2D eigenvalue weighted by Gasteiger charge is -2.32. The number of benzene rings is 2. The van der Waals surface area contributed by atoms with E-state index in [2.05, 4.69) is 62.2 Å². The van der Waals surface area contributed by atoms with Crippen molar-refractivity contribution in [2.45, 2.75) is 0 Å². The van der Waals surface area contributed by atoms with E-state index >= 15 is 0 Å². The van der Waals surface area contributed by atoms with Gasteiger partial charge in [0, 0.05) is 74.6 Å². The van der Waals surface area contributed by atoms with Crippen LogP contribution < -0.4 is 14.9 Å². The minimum Gasteiger partial charge on any atom is -0.367 e. The second-order valence-corrected chi connectivity index (χ2v) is 9.92. The smallest absolute Gasteiger partial charge is 0.258 e. The fourth-order valence-corrected chi connectivity index (χ4v) is 5.17. The predicted molar refractivity (Wildman–Crippen MR) is 146 cm³/mol. The SMILES string of the molecule is CN1CCN(CCSNc2ccc(-c3cnc4c(c3)N(C(=O)c3ccccc3)CCN4)cc2)CC1. The Morgan fingerprint density at radius 3 is 2.54 bits per heavy atom. The molecule has 35 heavy (non-hydrogen) atoms. The molecule has 0 atom stereocenters. The normalized spacial score (nSPS) is 16.4. The molecule has 0 spiro atoms. The Bertz CT molecular complexity index is 1130. The molecule has 2 aliphatic rings. The molecule has 0 bridgehead atoms. The van der Waals surface area contributed by atoms with Gasteiger partial charge in [-0.3, -0.25) is 9.69 Å². The number of amides is 1. The summed E-state index contributed by atoms with van der Waals surface area (Å²) in [5, 5.41) is 3.32. The number of aromatic nitrogens is 1. The molecule has 8 heteroatoms. The molecule has 1 fully saturated rings. The summed E-state index contributed by atoms with van der Waals surface area (Å²) >= 11 is 1.75. The maximum absolute atomic E-state index is 13.2. The lowest BCUT2D eigenvalue weighted by molar-refractivity contribution is 0.0987. The monoisotopic (exact) mass is 488 g/mol. The number of carbonyl (C=O) groups excluding carboxylic acids is 1. The topological polar surface area (TPSA) is 63.7 Å². The highest BCUT2D eigenvalue weighted by atomic mass is 32.2. The number of rotatable bonds is 7. The number of fused-ring (bicyclic) bond motifs is 1. The van der Waals surface area contributed by atoms with Gasteiger partial charge in [-0.1, -0.05) is 42.3 Å². The molecule has 7 nitrogen and oxygen atoms in total. The van der Waals surface area contributed by atoms with Crippen molar-refractivity contribution in [2.75, 3.05) is 73.6 Å². The molecule has 1 amide bonds. The second-order valence-electron chi connectivity index (χ2n) is 9.01. The zero-order chi connectivity index (χ0) is 24.0. The number of likely N-dealkylation sites (N-methyl/N-ethyl adjacent to an activating group) is 1. The molecule has 2 N–H and O–H groups in total. The summed E-state index contributed by atoms with van der Waals surface area (Å²) in [6.45, 7) is 7.03. The number of hydrogen-bond acceptors (Lipinski definition) is 7. The first-order valence-corrected chi connectivity index (χ1v) is 13.2. The van der Waals surface area contributed by atoms with E-state index in [1.165, 1.54) is 0 Å². The Kier molecular flexibility index (Phi) is 7.51. The van der Waals surface area contributed by atoms with Crippen molar-refractivity contribution in [3.05, 3.63) is 72.4 Å². The van der Waals surface area contributed by atoms with Crippen molar-refractivity contribution in [3.63, 3.8) is 0 Å². The number of carbonyl (C=O) groups is 1. The van der Waals surface area contributed by atoms with Gasteiger partial charge in [-0.2, -0.15) is 0 Å². The van der Waals surface area contributed by atoms with Crippen molar-refractivity contribution < 1.29 is 4.79 Å². The molecular weight excluding hydrogens is 456 g/mol. The Hall–Kier alpha value is -3.07. The van der Waals surface area contributed by atoms with E-state index in [4.69, 9.17) is 0 Å². The van der Waals surface area contributed by atoms with Crippen molar-refractivity contribution >= 4 is 35.0 Å². The number of nitrogens with zero attached hydrogens (tertiary/aromatic N) is 4. The molecule has 0 radical (unpaired) electrons. The summed E-state index contributed by atoms with van der Waals surface area (Å²) in [4.78, 5) is 24.5. The maximum Gasteiger partial charge on any atom is 0.258 e. The summed E-state index contributed by atoms with van der Waals surface area (Å²) in [5.41, 5.74) is 4.67. The van der Waals surface area contributed by atoms with Crippen molar-refractivity contribution in [2.24, 2.45) is 0 Å². The Labute approximate surface area is 211 Å². The van der Waals surface area contributed by atoms with Gasteiger partial charge in [0.25, 0.3) is 5.91 Å². The van der Waals surface area contributed by atoms with Crippen molar-refractivity contribution in [1.29, 1.82) is 0 Å². The van der Waals surface area contributed by atoms with Gasteiger partial charge in [0.1, 0.15) is 5.82 Å². The van der Waals surface area contributed by atoms with Crippen LogP contribution in [0.5, 0.6) is 0 Å². The summed E-state index contributed by atoms with van der Waals surface area (Å²) in [5.74, 6) is 1.80. The minimum atomic E-state index is 0.000413. The van der Waals surface area contributed by atoms with Crippen LogP contribution in [0.25, 0.3) is 11.1 Å². The van der Waals surface area contributed by atoms with Gasteiger partial charge < -0.3 is 19.8 Å². The standard InChI is InChI=1S/C27H32N6OS/c1-31-13-15-32(16-14-31)17-18-35-30-24-9-7-21(8-10-24)23-19-25-26(29-20-23)28-11-12-33(25)27(34)22-5-3-2-4-6-22/h2-10,19-20,30H,11-18H2,1H3,(H,28,29). The van der Waals surface area contributed by atoms with E-state index in [0.29, 0.717) is 18.7 Å². The van der Waals surface area contributed by atoms with E-state index < -0.39 is 0 Å². The van der Waals surface area contributed by atoms with Crippen LogP contribution in [0, 0.1) is 0 Å². The molecule has 1 aromatic heterocycles. The van der Waals surface area contributed by atoms with Gasteiger partial charge in [0.15, 0.2) is 0 Å². The molecular formula is C27H32N6OS. The third kappa shape index (κ3) is 5.78. The molecule has 2 aliphatic heterocycles.